The van der Waals surface area contributed by atoms with E-state index in [9.17, 15) is 13.2 Å². The van der Waals surface area contributed by atoms with Crippen LogP contribution >= 0.6 is 11.3 Å². The van der Waals surface area contributed by atoms with Crippen molar-refractivity contribution in [2.75, 3.05) is 16.7 Å². The molecule has 0 unspecified atom stereocenters. The van der Waals surface area contributed by atoms with Crippen molar-refractivity contribution in [2.45, 2.75) is 30.2 Å². The minimum Gasteiger partial charge on any atom is -0.497 e. The largest absolute Gasteiger partial charge is 0.497 e. The first-order valence-electron chi connectivity index (χ1n) is 10.3. The molecule has 0 spiro atoms. The highest BCUT2D eigenvalue weighted by Gasteiger charge is 2.42. The van der Waals surface area contributed by atoms with E-state index in [1.807, 2.05) is 35.7 Å². The van der Waals surface area contributed by atoms with E-state index in [-0.39, 0.29) is 10.7 Å². The van der Waals surface area contributed by atoms with E-state index in [0.717, 1.165) is 17.0 Å². The number of ether oxygens (including phenoxy) is 1. The summed E-state index contributed by atoms with van der Waals surface area (Å²) < 4.78 is 34.8. The van der Waals surface area contributed by atoms with Crippen LogP contribution in [0.4, 0.5) is 11.4 Å². The Hall–Kier alpha value is -3.10. The summed E-state index contributed by atoms with van der Waals surface area (Å²) in [5, 5.41) is 5.30. The molecule has 1 N–H and O–H groups in total. The number of nitrogens with zero attached hydrogens (tertiary/aromatic N) is 1. The monoisotopic (exact) mass is 466 g/mol. The molecule has 8 heteroatoms. The summed E-state index contributed by atoms with van der Waals surface area (Å²) in [5.41, 5.74) is 2.53. The molecule has 2 heterocycles. The summed E-state index contributed by atoms with van der Waals surface area (Å²) in [6.45, 7) is 0. The summed E-state index contributed by atoms with van der Waals surface area (Å²) in [7, 11) is -2.48. The topological polar surface area (TPSA) is 75.7 Å². The highest BCUT2D eigenvalue weighted by molar-refractivity contribution is 7.92. The number of carbonyl (C=O) groups is 1. The number of para-hydroxylation sites is 2. The van der Waals surface area contributed by atoms with Crippen molar-refractivity contribution in [3.05, 3.63) is 82.2 Å². The smallest absolute Gasteiger partial charge is 0.265 e. The Morgan fingerprint density at radius 1 is 1.03 bits per heavy atom. The number of carbonyl (C=O) groups excluding carboxylic acids is 1. The fraction of sp³-hybridized carbons (Fsp3) is 0.208. The van der Waals surface area contributed by atoms with Gasteiger partial charge in [0.2, 0.25) is 0 Å². The van der Waals surface area contributed by atoms with Crippen LogP contribution in [0.3, 0.4) is 0 Å². The van der Waals surface area contributed by atoms with Crippen molar-refractivity contribution in [1.29, 1.82) is 0 Å². The molecule has 0 radical (unpaired) electrons. The summed E-state index contributed by atoms with van der Waals surface area (Å²) in [6.07, 6.45) is 1.86. The quantitative estimate of drug-likeness (QED) is 0.577. The molecule has 164 valence electrons. The Morgan fingerprint density at radius 3 is 2.53 bits per heavy atom. The lowest BCUT2D eigenvalue weighted by molar-refractivity contribution is -0.116. The first-order valence-corrected chi connectivity index (χ1v) is 12.7. The molecule has 32 heavy (non-hydrogen) atoms. The Morgan fingerprint density at radius 2 is 1.81 bits per heavy atom. The number of thiophene rings is 1. The lowest BCUT2D eigenvalue weighted by Gasteiger charge is -2.33. The third kappa shape index (κ3) is 3.40. The lowest BCUT2D eigenvalue weighted by atomic mass is 9.89. The Labute approximate surface area is 191 Å². The Bertz CT molecular complexity index is 1300. The molecule has 1 atom stereocenters. The van der Waals surface area contributed by atoms with Gasteiger partial charge < -0.3 is 10.1 Å². The van der Waals surface area contributed by atoms with Crippen LogP contribution in [0.2, 0.25) is 0 Å². The zero-order valence-electron chi connectivity index (χ0n) is 17.4. The number of sulfonamides is 1. The number of benzene rings is 2. The molecule has 2 aromatic carbocycles. The van der Waals surface area contributed by atoms with Crippen molar-refractivity contribution in [2.24, 2.45) is 0 Å². The van der Waals surface area contributed by atoms with E-state index in [1.54, 1.807) is 30.3 Å². The first-order chi connectivity index (χ1) is 15.5. The van der Waals surface area contributed by atoms with Crippen molar-refractivity contribution < 1.29 is 17.9 Å². The normalized spacial score (nSPS) is 18.5. The van der Waals surface area contributed by atoms with Crippen molar-refractivity contribution in [3.8, 4) is 5.75 Å². The van der Waals surface area contributed by atoms with E-state index in [4.69, 9.17) is 4.74 Å². The average Bonchev–Trinajstić information content (AvgIpc) is 3.28. The second kappa shape index (κ2) is 8.11. The van der Waals surface area contributed by atoms with Crippen molar-refractivity contribution in [1.82, 2.24) is 0 Å². The number of fused-ring (bicyclic) bond motifs is 1. The zero-order valence-corrected chi connectivity index (χ0v) is 19.1. The number of hydrogen-bond donors (Lipinski definition) is 1. The fourth-order valence-electron chi connectivity index (χ4n) is 4.34. The molecule has 0 bridgehead atoms. The van der Waals surface area contributed by atoms with E-state index in [1.165, 1.54) is 22.8 Å². The molecule has 0 saturated heterocycles. The minimum absolute atomic E-state index is 0.0140. The van der Waals surface area contributed by atoms with Crippen LogP contribution in [0.5, 0.6) is 5.75 Å². The molecular formula is C24H22N2O4S2. The third-order valence-electron chi connectivity index (χ3n) is 5.82. The highest BCUT2D eigenvalue weighted by Crippen LogP contribution is 2.48. The van der Waals surface area contributed by atoms with Gasteiger partial charge in [-0.1, -0.05) is 18.2 Å². The number of nitrogens with one attached hydrogen (secondary N) is 1. The molecule has 1 aromatic heterocycles. The summed E-state index contributed by atoms with van der Waals surface area (Å²) >= 11 is 1.45. The van der Waals surface area contributed by atoms with E-state index in [0.29, 0.717) is 35.5 Å². The number of allylic oxidation sites excluding steroid dienone is 1. The van der Waals surface area contributed by atoms with Gasteiger partial charge in [0.05, 0.1) is 23.4 Å². The summed E-state index contributed by atoms with van der Waals surface area (Å²) in [6, 6.07) is 16.7. The van der Waals surface area contributed by atoms with Crippen molar-refractivity contribution >= 4 is 38.5 Å². The second-order valence-corrected chi connectivity index (χ2v) is 10.5. The standard InChI is InChI=1S/C24H22N2O4S2/c1-30-16-11-13-17(14-12-16)32(28,29)26-20-8-3-2-6-18(20)25-19-7-4-9-21(27)23(19)24(26)22-10-5-15-31-22/h2-3,5-6,8,10-15,24-25H,4,7,9H2,1H3/t24-/m0/s1. The van der Waals surface area contributed by atoms with Crippen LogP contribution in [0, 0.1) is 0 Å². The molecule has 3 aromatic rings. The lowest BCUT2D eigenvalue weighted by Crippen LogP contribution is -2.37. The van der Waals surface area contributed by atoms with Crippen LogP contribution in [0.15, 0.2) is 82.2 Å². The summed E-state index contributed by atoms with van der Waals surface area (Å²) in [5.74, 6) is 0.559. The van der Waals surface area contributed by atoms with Crippen LogP contribution in [-0.2, 0) is 14.8 Å². The first kappa shape index (κ1) is 20.8. The van der Waals surface area contributed by atoms with Gasteiger partial charge in [0.15, 0.2) is 5.78 Å². The van der Waals surface area contributed by atoms with Crippen LogP contribution < -0.4 is 14.4 Å². The maximum Gasteiger partial charge on any atom is 0.265 e. The Balaban J connectivity index is 1.79. The van der Waals surface area contributed by atoms with Gasteiger partial charge in [-0.15, -0.1) is 11.3 Å². The molecule has 0 saturated carbocycles. The SMILES string of the molecule is COc1ccc(S(=O)(=O)N2c3ccccc3NC3=C(C(=O)CCC3)[C@@H]2c2cccs2)cc1. The predicted molar refractivity (Wildman–Crippen MR) is 126 cm³/mol. The highest BCUT2D eigenvalue weighted by atomic mass is 32.2. The predicted octanol–water partition coefficient (Wildman–Crippen LogP) is 5.13. The molecular weight excluding hydrogens is 444 g/mol. The number of methoxy groups -OCH3 is 1. The summed E-state index contributed by atoms with van der Waals surface area (Å²) in [4.78, 5) is 14.1. The molecule has 6 nitrogen and oxygen atoms in total. The molecule has 0 fully saturated rings. The van der Waals surface area contributed by atoms with Gasteiger partial charge in [-0.25, -0.2) is 8.42 Å². The van der Waals surface area contributed by atoms with E-state index in [2.05, 4.69) is 5.32 Å². The maximum atomic E-state index is 14.1. The van der Waals surface area contributed by atoms with E-state index < -0.39 is 16.1 Å². The molecule has 2 aliphatic rings. The molecule has 1 aliphatic carbocycles. The maximum absolute atomic E-state index is 14.1. The van der Waals surface area contributed by atoms with Gasteiger partial charge in [0.25, 0.3) is 10.0 Å². The number of hydrogen-bond acceptors (Lipinski definition) is 6. The molecule has 0 amide bonds. The van der Waals surface area contributed by atoms with E-state index >= 15 is 0 Å². The fourth-order valence-corrected chi connectivity index (χ4v) is 6.85. The molecule has 1 aliphatic heterocycles. The van der Waals surface area contributed by atoms with Gasteiger partial charge >= 0.3 is 0 Å². The van der Waals surface area contributed by atoms with Crippen molar-refractivity contribution in [3.63, 3.8) is 0 Å². The van der Waals surface area contributed by atoms with Crippen LogP contribution in [-0.4, -0.2) is 21.3 Å². The number of ketones is 1. The van der Waals surface area contributed by atoms with Gasteiger partial charge in [0.1, 0.15) is 11.8 Å². The second-order valence-electron chi connectivity index (χ2n) is 7.71. The van der Waals surface area contributed by atoms with Crippen LogP contribution in [0.25, 0.3) is 0 Å². The van der Waals surface area contributed by atoms with Gasteiger partial charge in [-0.2, -0.15) is 0 Å². The molecule has 5 rings (SSSR count). The number of Topliss-reactive ketones (excluding diaryl/α,β-unsaturated/α-hetero) is 1. The Kier molecular flexibility index (Phi) is 5.27. The average molecular weight is 467 g/mol. The third-order valence-corrected chi connectivity index (χ3v) is 8.54. The number of rotatable bonds is 4. The number of anilines is 2. The van der Waals surface area contributed by atoms with Gasteiger partial charge in [-0.3, -0.25) is 9.10 Å². The zero-order chi connectivity index (χ0) is 22.3. The van der Waals surface area contributed by atoms with Gasteiger partial charge in [0, 0.05) is 22.6 Å². The minimum atomic E-state index is -4.01. The van der Waals surface area contributed by atoms with Gasteiger partial charge in [-0.05, 0) is 60.7 Å². The van der Waals surface area contributed by atoms with Crippen LogP contribution in [0.1, 0.15) is 30.2 Å².